The predicted molar refractivity (Wildman–Crippen MR) is 112 cm³/mol. The molecule has 0 fully saturated rings. The van der Waals surface area contributed by atoms with Crippen LogP contribution in [0.1, 0.15) is 16.7 Å². The molecular weight excluding hydrogens is 372 g/mol. The highest BCUT2D eigenvalue weighted by atomic mass is 16.7. The molecule has 0 bridgehead atoms. The number of methoxy groups -OCH3 is 3. The fraction of sp³-hybridized carbons (Fsp3) is 0.391. The molecule has 6 nitrogen and oxygen atoms in total. The van der Waals surface area contributed by atoms with Crippen LogP contribution in [0.5, 0.6) is 17.2 Å². The van der Waals surface area contributed by atoms with Gasteiger partial charge in [-0.1, -0.05) is 18.2 Å². The van der Waals surface area contributed by atoms with Gasteiger partial charge in [-0.2, -0.15) is 0 Å². The number of hydrogen-bond acceptors (Lipinski definition) is 6. The van der Waals surface area contributed by atoms with E-state index in [1.54, 1.807) is 21.3 Å². The Morgan fingerprint density at radius 3 is 1.97 bits per heavy atom. The fourth-order valence-electron chi connectivity index (χ4n) is 2.89. The second-order valence-corrected chi connectivity index (χ2v) is 6.36. The van der Waals surface area contributed by atoms with Crippen molar-refractivity contribution >= 4 is 0 Å². The Labute approximate surface area is 172 Å². The van der Waals surface area contributed by atoms with Crippen molar-refractivity contribution in [1.82, 2.24) is 0 Å². The topological polar surface area (TPSA) is 55.4 Å². The van der Waals surface area contributed by atoms with Crippen molar-refractivity contribution in [2.45, 2.75) is 19.3 Å². The zero-order valence-corrected chi connectivity index (χ0v) is 17.4. The Kier molecular flexibility index (Phi) is 10.1. The number of benzene rings is 2. The summed E-state index contributed by atoms with van der Waals surface area (Å²) in [4.78, 5) is 0. The molecular formula is C23H30O6. The van der Waals surface area contributed by atoms with Crippen LogP contribution in [0.15, 0.2) is 49.1 Å². The van der Waals surface area contributed by atoms with Gasteiger partial charge < -0.3 is 28.4 Å². The van der Waals surface area contributed by atoms with E-state index in [1.807, 2.05) is 36.4 Å². The third-order valence-electron chi connectivity index (χ3n) is 4.18. The van der Waals surface area contributed by atoms with E-state index in [2.05, 4.69) is 12.6 Å². The molecule has 0 aliphatic heterocycles. The lowest BCUT2D eigenvalue weighted by molar-refractivity contribution is 0.0446. The Morgan fingerprint density at radius 2 is 1.38 bits per heavy atom. The molecule has 2 rings (SSSR count). The molecule has 0 unspecified atom stereocenters. The quantitative estimate of drug-likeness (QED) is 0.350. The molecule has 0 radical (unpaired) electrons. The predicted octanol–water partition coefficient (Wildman–Crippen LogP) is 4.15. The van der Waals surface area contributed by atoms with Crippen LogP contribution in [0, 0.1) is 0 Å². The first-order valence-electron chi connectivity index (χ1n) is 9.42. The average Bonchev–Trinajstić information content (AvgIpc) is 2.74. The normalized spacial score (nSPS) is 10.6. The zero-order valence-electron chi connectivity index (χ0n) is 17.4. The molecule has 2 aromatic rings. The van der Waals surface area contributed by atoms with E-state index in [0.29, 0.717) is 6.42 Å². The minimum Gasteiger partial charge on any atom is -0.468 e. The summed E-state index contributed by atoms with van der Waals surface area (Å²) < 4.78 is 32.4. The van der Waals surface area contributed by atoms with Gasteiger partial charge in [0.25, 0.3) is 0 Å². The lowest BCUT2D eigenvalue weighted by atomic mass is 9.99. The lowest BCUT2D eigenvalue weighted by Gasteiger charge is -2.18. The minimum absolute atomic E-state index is 0.161. The standard InChI is InChI=1S/C23H30O6/c1-5-7-19-13-22(28-16-25-3)21(23(14-19)29-17-26-4)11-10-18-8-6-9-20(12-18)27-15-24-2/h5-6,8-9,12-14H,1,7,10-11,15-17H2,2-4H3. The summed E-state index contributed by atoms with van der Waals surface area (Å²) in [5, 5.41) is 0. The summed E-state index contributed by atoms with van der Waals surface area (Å²) >= 11 is 0. The van der Waals surface area contributed by atoms with Crippen LogP contribution in [0.2, 0.25) is 0 Å². The second kappa shape index (κ2) is 12.8. The van der Waals surface area contributed by atoms with Gasteiger partial charge in [0.2, 0.25) is 0 Å². The molecule has 0 N–H and O–H groups in total. The molecule has 158 valence electrons. The molecule has 0 aliphatic carbocycles. The first-order valence-corrected chi connectivity index (χ1v) is 9.42. The summed E-state index contributed by atoms with van der Waals surface area (Å²) in [7, 11) is 4.80. The molecule has 6 heteroatoms. The van der Waals surface area contributed by atoms with Gasteiger partial charge in [0.05, 0.1) is 0 Å². The van der Waals surface area contributed by atoms with Gasteiger partial charge in [-0.3, -0.25) is 0 Å². The Morgan fingerprint density at radius 1 is 0.759 bits per heavy atom. The van der Waals surface area contributed by atoms with Crippen LogP contribution in [-0.2, 0) is 33.5 Å². The van der Waals surface area contributed by atoms with E-state index in [1.165, 1.54) is 0 Å². The number of allylic oxidation sites excluding steroid dienone is 1. The van der Waals surface area contributed by atoms with Gasteiger partial charge >= 0.3 is 0 Å². The van der Waals surface area contributed by atoms with Gasteiger partial charge in [0, 0.05) is 26.9 Å². The summed E-state index contributed by atoms with van der Waals surface area (Å²) in [5.41, 5.74) is 3.16. The number of hydrogen-bond donors (Lipinski definition) is 0. The summed E-state index contributed by atoms with van der Waals surface area (Å²) in [6.45, 7) is 4.36. The van der Waals surface area contributed by atoms with E-state index in [0.717, 1.165) is 46.8 Å². The molecule has 0 amide bonds. The highest BCUT2D eigenvalue weighted by Crippen LogP contribution is 2.33. The molecule has 0 aromatic heterocycles. The van der Waals surface area contributed by atoms with E-state index < -0.39 is 0 Å². The molecule has 0 aliphatic rings. The summed E-state index contributed by atoms with van der Waals surface area (Å²) in [6.07, 6.45) is 4.07. The SMILES string of the molecule is C=CCc1cc(OCOC)c(CCc2cccc(OCOC)c2)c(OCOC)c1. The minimum atomic E-state index is 0.161. The van der Waals surface area contributed by atoms with Crippen LogP contribution in [-0.4, -0.2) is 41.7 Å². The van der Waals surface area contributed by atoms with Gasteiger partial charge in [-0.05, 0) is 54.7 Å². The monoisotopic (exact) mass is 402 g/mol. The van der Waals surface area contributed by atoms with E-state index in [4.69, 9.17) is 28.4 Å². The third-order valence-corrected chi connectivity index (χ3v) is 4.18. The van der Waals surface area contributed by atoms with Crippen molar-refractivity contribution in [1.29, 1.82) is 0 Å². The average molecular weight is 402 g/mol. The van der Waals surface area contributed by atoms with Crippen molar-refractivity contribution in [3.05, 3.63) is 65.7 Å². The van der Waals surface area contributed by atoms with Crippen molar-refractivity contribution in [3.63, 3.8) is 0 Å². The van der Waals surface area contributed by atoms with Crippen LogP contribution in [0.3, 0.4) is 0 Å². The highest BCUT2D eigenvalue weighted by Gasteiger charge is 2.14. The maximum atomic E-state index is 5.84. The maximum absolute atomic E-state index is 5.84. The first-order chi connectivity index (χ1) is 14.2. The first kappa shape index (κ1) is 22.7. The maximum Gasteiger partial charge on any atom is 0.188 e. The third kappa shape index (κ3) is 7.42. The van der Waals surface area contributed by atoms with Gasteiger partial charge in [-0.25, -0.2) is 0 Å². The summed E-state index contributed by atoms with van der Waals surface area (Å²) in [5.74, 6) is 2.26. The van der Waals surface area contributed by atoms with E-state index >= 15 is 0 Å². The largest absolute Gasteiger partial charge is 0.468 e. The zero-order chi connectivity index (χ0) is 20.9. The molecule has 0 spiro atoms. The van der Waals surface area contributed by atoms with Crippen LogP contribution >= 0.6 is 0 Å². The number of ether oxygens (including phenoxy) is 6. The molecule has 0 saturated carbocycles. The second-order valence-electron chi connectivity index (χ2n) is 6.36. The Bertz CT molecular complexity index is 730. The van der Waals surface area contributed by atoms with Crippen molar-refractivity contribution < 1.29 is 28.4 Å². The van der Waals surface area contributed by atoms with E-state index in [-0.39, 0.29) is 20.4 Å². The van der Waals surface area contributed by atoms with E-state index in [9.17, 15) is 0 Å². The molecule has 0 atom stereocenters. The number of rotatable bonds is 14. The lowest BCUT2D eigenvalue weighted by Crippen LogP contribution is -2.08. The van der Waals surface area contributed by atoms with Crippen molar-refractivity contribution in [2.24, 2.45) is 0 Å². The van der Waals surface area contributed by atoms with Crippen LogP contribution in [0.4, 0.5) is 0 Å². The molecule has 0 saturated heterocycles. The number of aryl methyl sites for hydroxylation is 1. The fourth-order valence-corrected chi connectivity index (χ4v) is 2.89. The molecule has 2 aromatic carbocycles. The smallest absolute Gasteiger partial charge is 0.188 e. The van der Waals surface area contributed by atoms with Crippen LogP contribution < -0.4 is 14.2 Å². The Balaban J connectivity index is 2.26. The van der Waals surface area contributed by atoms with Gasteiger partial charge in [0.15, 0.2) is 20.4 Å². The van der Waals surface area contributed by atoms with Crippen molar-refractivity contribution in [2.75, 3.05) is 41.7 Å². The van der Waals surface area contributed by atoms with Gasteiger partial charge in [-0.15, -0.1) is 6.58 Å². The van der Waals surface area contributed by atoms with Gasteiger partial charge in [0.1, 0.15) is 17.2 Å². The Hall–Kier alpha value is -2.54. The molecule has 29 heavy (non-hydrogen) atoms. The van der Waals surface area contributed by atoms with Crippen LogP contribution in [0.25, 0.3) is 0 Å². The molecule has 0 heterocycles. The summed E-state index contributed by atoms with van der Waals surface area (Å²) in [6, 6.07) is 12.0. The highest BCUT2D eigenvalue weighted by molar-refractivity contribution is 5.49. The van der Waals surface area contributed by atoms with Crippen molar-refractivity contribution in [3.8, 4) is 17.2 Å².